The molecule has 0 aliphatic carbocycles. The number of hydrogen-bond acceptors (Lipinski definition) is 4. The van der Waals surface area contributed by atoms with Crippen LogP contribution in [0, 0.1) is 11.2 Å². The molecule has 1 amide bonds. The van der Waals surface area contributed by atoms with E-state index in [0.717, 1.165) is 43.7 Å². The summed E-state index contributed by atoms with van der Waals surface area (Å²) in [6, 6.07) is 10.2. The quantitative estimate of drug-likeness (QED) is 0.308. The second-order valence-electron chi connectivity index (χ2n) is 11.9. The third-order valence-electron chi connectivity index (χ3n) is 7.82. The molecule has 2 aromatic carbocycles. The summed E-state index contributed by atoms with van der Waals surface area (Å²) in [5, 5.41) is 10.8. The SMILES string of the molecule is CNc1cc(Cl)ccc1C1C(CC(C)(C)C)NC(C(=O)NCCCN2CCCC2)C1c1cccc(Cl)c1F. The van der Waals surface area contributed by atoms with Gasteiger partial charge in [-0.1, -0.05) is 62.2 Å². The minimum Gasteiger partial charge on any atom is -0.388 e. The number of carbonyl (C=O) groups excluding carboxylic acids is 1. The van der Waals surface area contributed by atoms with Crippen molar-refractivity contribution in [3.8, 4) is 0 Å². The molecule has 2 aliphatic heterocycles. The van der Waals surface area contributed by atoms with Crippen molar-refractivity contribution in [3.63, 3.8) is 0 Å². The van der Waals surface area contributed by atoms with Crippen LogP contribution in [0.5, 0.6) is 0 Å². The highest BCUT2D eigenvalue weighted by atomic mass is 35.5. The first kappa shape index (κ1) is 29.1. The van der Waals surface area contributed by atoms with Crippen molar-refractivity contribution in [3.05, 3.63) is 63.4 Å². The van der Waals surface area contributed by atoms with Gasteiger partial charge in [-0.3, -0.25) is 4.79 Å². The highest BCUT2D eigenvalue weighted by Gasteiger charge is 2.49. The zero-order valence-electron chi connectivity index (χ0n) is 22.9. The topological polar surface area (TPSA) is 56.4 Å². The van der Waals surface area contributed by atoms with Crippen molar-refractivity contribution in [2.75, 3.05) is 38.5 Å². The first-order valence-corrected chi connectivity index (χ1v) is 14.5. The number of nitrogens with zero attached hydrogens (tertiary/aromatic N) is 1. The summed E-state index contributed by atoms with van der Waals surface area (Å²) in [6.45, 7) is 10.4. The van der Waals surface area contributed by atoms with Crippen LogP contribution < -0.4 is 16.0 Å². The van der Waals surface area contributed by atoms with E-state index < -0.39 is 17.8 Å². The van der Waals surface area contributed by atoms with Gasteiger partial charge < -0.3 is 20.9 Å². The molecule has 5 nitrogen and oxygen atoms in total. The minimum absolute atomic E-state index is 0.0132. The summed E-state index contributed by atoms with van der Waals surface area (Å²) in [6.07, 6.45) is 4.20. The number of carbonyl (C=O) groups is 1. The van der Waals surface area contributed by atoms with Crippen LogP contribution in [0.15, 0.2) is 36.4 Å². The van der Waals surface area contributed by atoms with Crippen LogP contribution in [0.3, 0.4) is 0 Å². The smallest absolute Gasteiger partial charge is 0.237 e. The number of nitrogens with one attached hydrogen (secondary N) is 3. The summed E-state index contributed by atoms with van der Waals surface area (Å²) >= 11 is 12.6. The molecule has 0 spiro atoms. The number of likely N-dealkylation sites (tertiary alicyclic amines) is 1. The summed E-state index contributed by atoms with van der Waals surface area (Å²) in [7, 11) is 1.86. The number of amides is 1. The molecule has 0 bridgehead atoms. The maximum atomic E-state index is 15.6. The van der Waals surface area contributed by atoms with Crippen LogP contribution >= 0.6 is 23.2 Å². The maximum Gasteiger partial charge on any atom is 0.237 e. The van der Waals surface area contributed by atoms with Crippen LogP contribution in [-0.4, -0.2) is 56.1 Å². The molecule has 2 aromatic rings. The fourth-order valence-electron chi connectivity index (χ4n) is 6.21. The van der Waals surface area contributed by atoms with Crippen molar-refractivity contribution in [1.29, 1.82) is 0 Å². The van der Waals surface area contributed by atoms with Gasteiger partial charge in [0.25, 0.3) is 0 Å². The Hall–Kier alpha value is -1.86. The molecular weight excluding hydrogens is 522 g/mol. The van der Waals surface area contributed by atoms with Gasteiger partial charge in [-0.2, -0.15) is 0 Å². The van der Waals surface area contributed by atoms with Gasteiger partial charge in [0.15, 0.2) is 0 Å². The lowest BCUT2D eigenvalue weighted by atomic mass is 9.73. The summed E-state index contributed by atoms with van der Waals surface area (Å²) in [4.78, 5) is 16.2. The van der Waals surface area contributed by atoms with Gasteiger partial charge in [0, 0.05) is 42.2 Å². The average molecular weight is 564 g/mol. The molecule has 4 atom stereocenters. The van der Waals surface area contributed by atoms with E-state index in [4.69, 9.17) is 23.2 Å². The van der Waals surface area contributed by atoms with Crippen molar-refractivity contribution in [1.82, 2.24) is 15.5 Å². The molecule has 0 saturated carbocycles. The van der Waals surface area contributed by atoms with E-state index in [1.54, 1.807) is 18.2 Å². The Balaban J connectivity index is 1.70. The van der Waals surface area contributed by atoms with E-state index in [-0.39, 0.29) is 28.3 Å². The lowest BCUT2D eigenvalue weighted by Crippen LogP contribution is -2.46. The molecule has 2 saturated heterocycles. The van der Waals surface area contributed by atoms with Gasteiger partial charge in [0.05, 0.1) is 11.1 Å². The highest BCUT2D eigenvalue weighted by molar-refractivity contribution is 6.31. The molecule has 2 fully saturated rings. The molecule has 8 heteroatoms. The molecule has 2 aliphatic rings. The molecule has 3 N–H and O–H groups in total. The summed E-state index contributed by atoms with van der Waals surface area (Å²) in [5.74, 6) is -1.19. The van der Waals surface area contributed by atoms with Crippen molar-refractivity contribution in [2.45, 2.75) is 70.4 Å². The summed E-state index contributed by atoms with van der Waals surface area (Å²) < 4.78 is 15.6. The van der Waals surface area contributed by atoms with Gasteiger partial charge >= 0.3 is 0 Å². The van der Waals surface area contributed by atoms with Crippen LogP contribution in [0.1, 0.15) is 69.4 Å². The first-order valence-electron chi connectivity index (χ1n) is 13.8. The second-order valence-corrected chi connectivity index (χ2v) is 12.7. The first-order chi connectivity index (χ1) is 18.1. The van der Waals surface area contributed by atoms with Crippen molar-refractivity contribution < 1.29 is 9.18 Å². The maximum absolute atomic E-state index is 15.6. The standard InChI is InChI=1S/C30H41Cl2FN4O/c1-30(2,3)18-24-25(20-12-11-19(31)17-23(20)34-4)26(21-9-7-10-22(32)27(21)33)28(36-24)29(38)35-13-8-16-37-14-5-6-15-37/h7,9-12,17,24-26,28,34,36H,5-6,8,13-16,18H2,1-4H3,(H,35,38). The normalized spacial score (nSPS) is 24.1. The number of rotatable bonds is 9. The number of benzene rings is 2. The van der Waals surface area contributed by atoms with Gasteiger partial charge in [0.1, 0.15) is 5.82 Å². The van der Waals surface area contributed by atoms with Crippen molar-refractivity contribution >= 4 is 34.8 Å². The van der Waals surface area contributed by atoms with Gasteiger partial charge in [-0.25, -0.2) is 4.39 Å². The van der Waals surface area contributed by atoms with Crippen LogP contribution in [0.2, 0.25) is 10.0 Å². The lowest BCUT2D eigenvalue weighted by molar-refractivity contribution is -0.123. The highest BCUT2D eigenvalue weighted by Crippen LogP contribution is 2.49. The average Bonchev–Trinajstić information content (AvgIpc) is 3.50. The third-order valence-corrected chi connectivity index (χ3v) is 8.35. The van der Waals surface area contributed by atoms with Gasteiger partial charge in [-0.05, 0) is 80.1 Å². The van der Waals surface area contributed by atoms with E-state index in [1.165, 1.54) is 12.8 Å². The zero-order chi connectivity index (χ0) is 27.4. The van der Waals surface area contributed by atoms with E-state index in [9.17, 15) is 4.79 Å². The predicted octanol–water partition coefficient (Wildman–Crippen LogP) is 6.42. The number of halogens is 3. The van der Waals surface area contributed by atoms with Crippen LogP contribution in [0.4, 0.5) is 10.1 Å². The molecule has 208 valence electrons. The summed E-state index contributed by atoms with van der Waals surface area (Å²) in [5.41, 5.74) is 2.33. The molecule has 4 rings (SSSR count). The van der Waals surface area contributed by atoms with Gasteiger partial charge in [-0.15, -0.1) is 0 Å². The predicted molar refractivity (Wildman–Crippen MR) is 156 cm³/mol. The number of anilines is 1. The van der Waals surface area contributed by atoms with Crippen LogP contribution in [-0.2, 0) is 4.79 Å². The van der Waals surface area contributed by atoms with Crippen molar-refractivity contribution in [2.24, 2.45) is 5.41 Å². The Labute approximate surface area is 236 Å². The molecule has 4 unspecified atom stereocenters. The molecule has 38 heavy (non-hydrogen) atoms. The van der Waals surface area contributed by atoms with E-state index in [1.807, 2.05) is 25.2 Å². The zero-order valence-corrected chi connectivity index (χ0v) is 24.4. The van der Waals surface area contributed by atoms with E-state index >= 15 is 4.39 Å². The largest absolute Gasteiger partial charge is 0.388 e. The Morgan fingerprint density at radius 2 is 1.84 bits per heavy atom. The molecule has 0 radical (unpaired) electrons. The molecule has 2 heterocycles. The van der Waals surface area contributed by atoms with Crippen LogP contribution in [0.25, 0.3) is 0 Å². The van der Waals surface area contributed by atoms with E-state index in [2.05, 4.69) is 41.6 Å². The van der Waals surface area contributed by atoms with E-state index in [0.29, 0.717) is 17.1 Å². The minimum atomic E-state index is -0.604. The Morgan fingerprint density at radius 3 is 2.53 bits per heavy atom. The Bertz CT molecular complexity index is 1120. The fourth-order valence-corrected chi connectivity index (χ4v) is 6.56. The number of hydrogen-bond donors (Lipinski definition) is 3. The Kier molecular flexibility index (Phi) is 9.62. The fraction of sp³-hybridized carbons (Fsp3) is 0.567. The molecular formula is C30H41Cl2FN4O. The Morgan fingerprint density at radius 1 is 1.11 bits per heavy atom. The second kappa shape index (κ2) is 12.5. The third kappa shape index (κ3) is 6.82. The lowest BCUT2D eigenvalue weighted by Gasteiger charge is -2.31. The monoisotopic (exact) mass is 562 g/mol. The molecule has 0 aromatic heterocycles. The van der Waals surface area contributed by atoms with Gasteiger partial charge in [0.2, 0.25) is 5.91 Å².